The topological polar surface area (TPSA) is 42.2 Å². The molecule has 0 atom stereocenters. The van der Waals surface area contributed by atoms with Crippen LogP contribution in [0.1, 0.15) is 36.3 Å². The molecular formula is C16H18INO2. The van der Waals surface area contributed by atoms with Gasteiger partial charge in [0.25, 0.3) is 0 Å². The van der Waals surface area contributed by atoms with E-state index >= 15 is 0 Å². The van der Waals surface area contributed by atoms with Crippen molar-refractivity contribution in [2.75, 3.05) is 0 Å². The molecule has 0 aliphatic carbocycles. The summed E-state index contributed by atoms with van der Waals surface area (Å²) >= 11 is 2.16. The molecule has 0 spiro atoms. The first-order valence-corrected chi connectivity index (χ1v) is 7.63. The second-order valence-corrected chi connectivity index (χ2v) is 6.76. The third-order valence-corrected chi connectivity index (χ3v) is 4.12. The average molecular weight is 383 g/mol. The van der Waals surface area contributed by atoms with Crippen molar-refractivity contribution in [3.63, 3.8) is 0 Å². The Morgan fingerprint density at radius 3 is 2.55 bits per heavy atom. The summed E-state index contributed by atoms with van der Waals surface area (Å²) in [7, 11) is 0. The number of rotatable bonds is 5. The van der Waals surface area contributed by atoms with E-state index < -0.39 is 5.97 Å². The predicted molar refractivity (Wildman–Crippen MR) is 88.2 cm³/mol. The molecule has 0 aliphatic rings. The molecule has 0 saturated carbocycles. The van der Waals surface area contributed by atoms with Crippen molar-refractivity contribution in [3.05, 3.63) is 57.4 Å². The van der Waals surface area contributed by atoms with Gasteiger partial charge in [-0.15, -0.1) is 0 Å². The Hall–Kier alpha value is -1.30. The molecule has 2 rings (SSSR count). The van der Waals surface area contributed by atoms with E-state index in [2.05, 4.69) is 48.6 Å². The number of nitrogens with zero attached hydrogens (tertiary/aromatic N) is 1. The first-order chi connectivity index (χ1) is 9.40. The van der Waals surface area contributed by atoms with Crippen LogP contribution in [0.25, 0.3) is 0 Å². The molecule has 4 heteroatoms. The van der Waals surface area contributed by atoms with Crippen LogP contribution in [0.3, 0.4) is 0 Å². The zero-order chi connectivity index (χ0) is 14.8. The van der Waals surface area contributed by atoms with Gasteiger partial charge in [0.15, 0.2) is 0 Å². The Balaban J connectivity index is 2.20. The molecule has 0 unspecified atom stereocenters. The molecule has 3 nitrogen and oxygen atoms in total. The highest BCUT2D eigenvalue weighted by Gasteiger charge is 2.25. The Morgan fingerprint density at radius 2 is 1.95 bits per heavy atom. The molecule has 0 radical (unpaired) electrons. The second kappa shape index (κ2) is 5.99. The molecule has 1 aromatic carbocycles. The van der Waals surface area contributed by atoms with Gasteiger partial charge in [-0.1, -0.05) is 30.3 Å². The Labute approximate surface area is 132 Å². The lowest BCUT2D eigenvalue weighted by Gasteiger charge is -2.28. The number of carboxylic acids is 1. The Kier molecular flexibility index (Phi) is 4.52. The third kappa shape index (κ3) is 3.42. The minimum Gasteiger partial charge on any atom is -0.477 e. The number of aromatic nitrogens is 1. The number of aromatic carboxylic acids is 1. The van der Waals surface area contributed by atoms with Gasteiger partial charge in [-0.05, 0) is 60.9 Å². The molecule has 1 heterocycles. The number of hydrogen-bond acceptors (Lipinski definition) is 1. The van der Waals surface area contributed by atoms with E-state index in [9.17, 15) is 9.90 Å². The quantitative estimate of drug-likeness (QED) is 0.788. The first-order valence-electron chi connectivity index (χ1n) is 6.56. The predicted octanol–water partition coefficient (Wildman–Crippen LogP) is 4.16. The van der Waals surface area contributed by atoms with E-state index in [0.717, 1.165) is 16.4 Å². The maximum Gasteiger partial charge on any atom is 0.352 e. The van der Waals surface area contributed by atoms with Crippen LogP contribution in [-0.4, -0.2) is 15.6 Å². The summed E-state index contributed by atoms with van der Waals surface area (Å²) in [6, 6.07) is 12.0. The van der Waals surface area contributed by atoms with Crippen LogP contribution in [0, 0.1) is 3.57 Å². The smallest absolute Gasteiger partial charge is 0.352 e. The fourth-order valence-electron chi connectivity index (χ4n) is 2.31. The van der Waals surface area contributed by atoms with Gasteiger partial charge >= 0.3 is 5.97 Å². The molecular weight excluding hydrogens is 365 g/mol. The molecule has 0 bridgehead atoms. The van der Waals surface area contributed by atoms with E-state index in [1.807, 2.05) is 29.0 Å². The van der Waals surface area contributed by atoms with Crippen molar-refractivity contribution in [1.82, 2.24) is 4.57 Å². The lowest BCUT2D eigenvalue weighted by atomic mass is 9.94. The molecule has 0 fully saturated rings. The van der Waals surface area contributed by atoms with Gasteiger partial charge in [0.2, 0.25) is 0 Å². The highest BCUT2D eigenvalue weighted by molar-refractivity contribution is 14.1. The molecule has 0 amide bonds. The van der Waals surface area contributed by atoms with Crippen LogP contribution in [0.15, 0.2) is 42.6 Å². The summed E-state index contributed by atoms with van der Waals surface area (Å²) in [5.41, 5.74) is 1.40. The van der Waals surface area contributed by atoms with Crippen molar-refractivity contribution in [3.8, 4) is 0 Å². The third-order valence-electron chi connectivity index (χ3n) is 3.53. The number of benzene rings is 1. The number of carbonyl (C=O) groups is 1. The van der Waals surface area contributed by atoms with Crippen molar-refractivity contribution in [2.45, 2.75) is 32.2 Å². The van der Waals surface area contributed by atoms with Gasteiger partial charge in [-0.25, -0.2) is 4.79 Å². The molecule has 1 N–H and O–H groups in total. The van der Waals surface area contributed by atoms with Gasteiger partial charge in [-0.3, -0.25) is 0 Å². The summed E-state index contributed by atoms with van der Waals surface area (Å²) in [4.78, 5) is 11.3. The number of hydrogen-bond donors (Lipinski definition) is 1. The maximum atomic E-state index is 11.3. The Morgan fingerprint density at radius 1 is 1.30 bits per heavy atom. The van der Waals surface area contributed by atoms with E-state index in [4.69, 9.17) is 0 Å². The largest absolute Gasteiger partial charge is 0.477 e. The van der Waals surface area contributed by atoms with Crippen molar-refractivity contribution < 1.29 is 9.90 Å². The molecule has 20 heavy (non-hydrogen) atoms. The van der Waals surface area contributed by atoms with Gasteiger partial charge in [0.05, 0.1) is 0 Å². The van der Waals surface area contributed by atoms with Crippen LogP contribution in [0.5, 0.6) is 0 Å². The minimum atomic E-state index is -0.874. The standard InChI is InChI=1S/C16H18INO2/c1-16(2,9-8-12-6-4-3-5-7-12)18-11-13(17)10-14(18)15(19)20/h3-7,10-11H,8-9H2,1-2H3,(H,19,20). The average Bonchev–Trinajstić information content (AvgIpc) is 2.81. The number of aryl methyl sites for hydroxylation is 1. The van der Waals surface area contributed by atoms with Crippen LogP contribution in [0.2, 0.25) is 0 Å². The van der Waals surface area contributed by atoms with Gasteiger partial charge in [-0.2, -0.15) is 0 Å². The number of halogens is 1. The highest BCUT2D eigenvalue weighted by atomic mass is 127. The lowest BCUT2D eigenvalue weighted by Crippen LogP contribution is -2.29. The molecule has 0 saturated heterocycles. The summed E-state index contributed by atoms with van der Waals surface area (Å²) in [5, 5.41) is 9.30. The number of carboxylic acid groups (broad SMARTS) is 1. The van der Waals surface area contributed by atoms with Crippen molar-refractivity contribution in [1.29, 1.82) is 0 Å². The van der Waals surface area contributed by atoms with Crippen molar-refractivity contribution >= 4 is 28.6 Å². The Bertz CT molecular complexity index is 602. The van der Waals surface area contributed by atoms with Crippen LogP contribution in [0.4, 0.5) is 0 Å². The first kappa shape index (κ1) is 15.1. The zero-order valence-corrected chi connectivity index (χ0v) is 13.8. The molecule has 2 aromatic rings. The van der Waals surface area contributed by atoms with E-state index in [1.54, 1.807) is 6.07 Å². The monoisotopic (exact) mass is 383 g/mol. The normalized spacial score (nSPS) is 11.6. The summed E-state index contributed by atoms with van der Waals surface area (Å²) < 4.78 is 2.83. The summed E-state index contributed by atoms with van der Waals surface area (Å²) in [5.74, 6) is -0.874. The van der Waals surface area contributed by atoms with Crippen LogP contribution < -0.4 is 0 Å². The van der Waals surface area contributed by atoms with Gasteiger partial charge in [0, 0.05) is 15.3 Å². The van der Waals surface area contributed by atoms with E-state index in [1.165, 1.54) is 5.56 Å². The SMILES string of the molecule is CC(C)(CCc1ccccc1)n1cc(I)cc1C(=O)O. The highest BCUT2D eigenvalue weighted by Crippen LogP contribution is 2.26. The second-order valence-electron chi connectivity index (χ2n) is 5.52. The van der Waals surface area contributed by atoms with E-state index in [0.29, 0.717) is 5.69 Å². The fourth-order valence-corrected chi connectivity index (χ4v) is 2.88. The lowest BCUT2D eigenvalue weighted by molar-refractivity contribution is 0.0676. The minimum absolute atomic E-state index is 0.229. The summed E-state index contributed by atoms with van der Waals surface area (Å²) in [6.45, 7) is 4.16. The van der Waals surface area contributed by atoms with Crippen LogP contribution in [-0.2, 0) is 12.0 Å². The van der Waals surface area contributed by atoms with Crippen LogP contribution >= 0.6 is 22.6 Å². The van der Waals surface area contributed by atoms with Gasteiger partial charge < -0.3 is 9.67 Å². The van der Waals surface area contributed by atoms with Gasteiger partial charge in [0.1, 0.15) is 5.69 Å². The summed E-state index contributed by atoms with van der Waals surface area (Å²) in [6.07, 6.45) is 3.73. The molecule has 1 aromatic heterocycles. The molecule has 106 valence electrons. The maximum absolute atomic E-state index is 11.3. The van der Waals surface area contributed by atoms with E-state index in [-0.39, 0.29) is 5.54 Å². The zero-order valence-electron chi connectivity index (χ0n) is 11.6. The van der Waals surface area contributed by atoms with Crippen molar-refractivity contribution in [2.24, 2.45) is 0 Å². The fraction of sp³-hybridized carbons (Fsp3) is 0.312. The molecule has 0 aliphatic heterocycles.